The third-order valence-electron chi connectivity index (χ3n) is 4.54. The molecule has 7 heteroatoms. The maximum Gasteiger partial charge on any atom is 0.261 e. The number of rotatable bonds is 9. The number of ether oxygens (including phenoxy) is 1. The molecule has 0 aliphatic heterocycles. The van der Waals surface area contributed by atoms with Crippen molar-refractivity contribution in [2.75, 3.05) is 18.4 Å². The SMILES string of the molecule is COc1ccc(S(=O)(=O)Nc2ccc(C(=O)NCCCc3ccccc3)cc2)cc1. The summed E-state index contributed by atoms with van der Waals surface area (Å²) in [4.78, 5) is 12.4. The number of benzene rings is 3. The van der Waals surface area contributed by atoms with E-state index in [1.165, 1.54) is 24.8 Å². The van der Waals surface area contributed by atoms with Crippen LogP contribution < -0.4 is 14.8 Å². The number of sulfonamides is 1. The van der Waals surface area contributed by atoms with Crippen molar-refractivity contribution in [2.45, 2.75) is 17.7 Å². The maximum atomic E-state index is 12.5. The van der Waals surface area contributed by atoms with Crippen molar-refractivity contribution in [2.24, 2.45) is 0 Å². The van der Waals surface area contributed by atoms with Gasteiger partial charge in [-0.15, -0.1) is 0 Å². The van der Waals surface area contributed by atoms with E-state index in [1.807, 2.05) is 18.2 Å². The first kappa shape index (κ1) is 21.4. The Labute approximate surface area is 177 Å². The molecule has 0 heterocycles. The molecule has 1 amide bonds. The summed E-state index contributed by atoms with van der Waals surface area (Å²) in [6, 6.07) is 22.5. The monoisotopic (exact) mass is 424 g/mol. The van der Waals surface area contributed by atoms with E-state index in [4.69, 9.17) is 4.74 Å². The first-order valence-corrected chi connectivity index (χ1v) is 11.1. The third kappa shape index (κ3) is 5.84. The van der Waals surface area contributed by atoms with Crippen LogP contribution in [0.5, 0.6) is 5.75 Å². The number of carbonyl (C=O) groups is 1. The molecule has 0 fully saturated rings. The van der Waals surface area contributed by atoms with Gasteiger partial charge in [-0.25, -0.2) is 8.42 Å². The first-order valence-electron chi connectivity index (χ1n) is 9.57. The second-order valence-corrected chi connectivity index (χ2v) is 8.39. The highest BCUT2D eigenvalue weighted by Crippen LogP contribution is 2.19. The highest BCUT2D eigenvalue weighted by Gasteiger charge is 2.14. The zero-order valence-electron chi connectivity index (χ0n) is 16.7. The molecule has 0 saturated carbocycles. The predicted octanol–water partition coefficient (Wildman–Crippen LogP) is 3.86. The van der Waals surface area contributed by atoms with Crippen LogP contribution in [-0.2, 0) is 16.4 Å². The van der Waals surface area contributed by atoms with Crippen LogP contribution in [0, 0.1) is 0 Å². The molecule has 6 nitrogen and oxygen atoms in total. The Bertz CT molecular complexity index is 1060. The molecule has 0 aromatic heterocycles. The minimum absolute atomic E-state index is 0.128. The summed E-state index contributed by atoms with van der Waals surface area (Å²) in [5.41, 5.74) is 2.09. The summed E-state index contributed by atoms with van der Waals surface area (Å²) in [7, 11) is -2.20. The first-order chi connectivity index (χ1) is 14.5. The molecular formula is C23H24N2O4S. The van der Waals surface area contributed by atoms with Gasteiger partial charge >= 0.3 is 0 Å². The fraction of sp³-hybridized carbons (Fsp3) is 0.174. The van der Waals surface area contributed by atoms with E-state index in [-0.39, 0.29) is 10.8 Å². The molecule has 0 aliphatic rings. The second-order valence-electron chi connectivity index (χ2n) is 6.70. The van der Waals surface area contributed by atoms with E-state index in [2.05, 4.69) is 22.2 Å². The van der Waals surface area contributed by atoms with Gasteiger partial charge in [0.15, 0.2) is 0 Å². The van der Waals surface area contributed by atoms with Crippen LogP contribution in [0.4, 0.5) is 5.69 Å². The Kier molecular flexibility index (Phi) is 7.08. The average molecular weight is 425 g/mol. The maximum absolute atomic E-state index is 12.5. The lowest BCUT2D eigenvalue weighted by Crippen LogP contribution is -2.24. The van der Waals surface area contributed by atoms with E-state index in [1.54, 1.807) is 36.4 Å². The molecule has 0 saturated heterocycles. The summed E-state index contributed by atoms with van der Waals surface area (Å²) >= 11 is 0. The average Bonchev–Trinajstić information content (AvgIpc) is 2.77. The molecule has 2 N–H and O–H groups in total. The summed E-state index contributed by atoms with van der Waals surface area (Å²) in [6.45, 7) is 0.569. The van der Waals surface area contributed by atoms with Crippen molar-refractivity contribution in [1.29, 1.82) is 0 Å². The number of anilines is 1. The van der Waals surface area contributed by atoms with E-state index < -0.39 is 10.0 Å². The Morgan fingerprint density at radius 1 is 0.900 bits per heavy atom. The van der Waals surface area contributed by atoms with Crippen molar-refractivity contribution in [3.8, 4) is 5.75 Å². The smallest absolute Gasteiger partial charge is 0.261 e. The van der Waals surface area contributed by atoms with E-state index in [9.17, 15) is 13.2 Å². The molecule has 3 aromatic rings. The van der Waals surface area contributed by atoms with Crippen LogP contribution in [0.3, 0.4) is 0 Å². The topological polar surface area (TPSA) is 84.5 Å². The highest BCUT2D eigenvalue weighted by molar-refractivity contribution is 7.92. The summed E-state index contributed by atoms with van der Waals surface area (Å²) in [6.07, 6.45) is 1.74. The van der Waals surface area contributed by atoms with Crippen LogP contribution in [0.15, 0.2) is 83.8 Å². The Morgan fingerprint density at radius 2 is 1.57 bits per heavy atom. The molecule has 30 heavy (non-hydrogen) atoms. The summed E-state index contributed by atoms with van der Waals surface area (Å²) < 4.78 is 32.5. The number of methoxy groups -OCH3 is 1. The molecule has 156 valence electrons. The molecule has 0 spiro atoms. The van der Waals surface area contributed by atoms with Crippen molar-refractivity contribution >= 4 is 21.6 Å². The van der Waals surface area contributed by atoms with Gasteiger partial charge in [0, 0.05) is 17.8 Å². The number of nitrogens with one attached hydrogen (secondary N) is 2. The third-order valence-corrected chi connectivity index (χ3v) is 5.94. The molecule has 0 unspecified atom stereocenters. The lowest BCUT2D eigenvalue weighted by atomic mass is 10.1. The molecule has 0 bridgehead atoms. The number of hydrogen-bond donors (Lipinski definition) is 2. The number of aryl methyl sites for hydroxylation is 1. The predicted molar refractivity (Wildman–Crippen MR) is 117 cm³/mol. The van der Waals surface area contributed by atoms with E-state index >= 15 is 0 Å². The normalized spacial score (nSPS) is 11.0. The van der Waals surface area contributed by atoms with E-state index in [0.717, 1.165) is 12.8 Å². The van der Waals surface area contributed by atoms with Crippen molar-refractivity contribution in [3.05, 3.63) is 90.0 Å². The second kappa shape index (κ2) is 9.93. The van der Waals surface area contributed by atoms with Gasteiger partial charge in [-0.3, -0.25) is 9.52 Å². The number of carbonyl (C=O) groups excluding carboxylic acids is 1. The Balaban J connectivity index is 1.52. The van der Waals surface area contributed by atoms with Crippen molar-refractivity contribution in [1.82, 2.24) is 5.32 Å². The van der Waals surface area contributed by atoms with Crippen molar-refractivity contribution < 1.29 is 17.9 Å². The lowest BCUT2D eigenvalue weighted by Gasteiger charge is -2.10. The van der Waals surface area contributed by atoms with Gasteiger partial charge in [0.1, 0.15) is 5.75 Å². The van der Waals surface area contributed by atoms with Gasteiger partial charge in [-0.2, -0.15) is 0 Å². The van der Waals surface area contributed by atoms with Gasteiger partial charge in [-0.05, 0) is 66.9 Å². The standard InChI is InChI=1S/C23H24N2O4S/c1-29-21-13-15-22(16-14-21)30(27,28)25-20-11-9-19(10-12-20)23(26)24-17-5-8-18-6-3-2-4-7-18/h2-4,6-7,9-16,25H,5,8,17H2,1H3,(H,24,26). The van der Waals surface area contributed by atoms with Crippen LogP contribution in [0.1, 0.15) is 22.3 Å². The quantitative estimate of drug-likeness (QED) is 0.511. The van der Waals surface area contributed by atoms with Gasteiger partial charge in [0.05, 0.1) is 12.0 Å². The van der Waals surface area contributed by atoms with Gasteiger partial charge in [0.25, 0.3) is 15.9 Å². The minimum atomic E-state index is -3.72. The summed E-state index contributed by atoms with van der Waals surface area (Å²) in [5.74, 6) is 0.390. The zero-order valence-corrected chi connectivity index (χ0v) is 17.5. The number of amides is 1. The van der Waals surface area contributed by atoms with E-state index in [0.29, 0.717) is 23.5 Å². The largest absolute Gasteiger partial charge is 0.497 e. The minimum Gasteiger partial charge on any atom is -0.497 e. The molecule has 0 atom stereocenters. The molecule has 0 aliphatic carbocycles. The van der Waals surface area contributed by atoms with Crippen LogP contribution in [-0.4, -0.2) is 28.0 Å². The van der Waals surface area contributed by atoms with Crippen LogP contribution in [0.25, 0.3) is 0 Å². The van der Waals surface area contributed by atoms with Gasteiger partial charge in [-0.1, -0.05) is 30.3 Å². The lowest BCUT2D eigenvalue weighted by molar-refractivity contribution is 0.0953. The van der Waals surface area contributed by atoms with Gasteiger partial charge < -0.3 is 10.1 Å². The Hall–Kier alpha value is -3.32. The molecular weight excluding hydrogens is 400 g/mol. The van der Waals surface area contributed by atoms with Gasteiger partial charge in [0.2, 0.25) is 0 Å². The zero-order chi connectivity index (χ0) is 21.4. The fourth-order valence-electron chi connectivity index (χ4n) is 2.90. The van der Waals surface area contributed by atoms with Crippen LogP contribution in [0.2, 0.25) is 0 Å². The van der Waals surface area contributed by atoms with Crippen LogP contribution >= 0.6 is 0 Å². The summed E-state index contributed by atoms with van der Waals surface area (Å²) in [5, 5.41) is 2.88. The Morgan fingerprint density at radius 3 is 2.20 bits per heavy atom. The molecule has 0 radical (unpaired) electrons. The number of hydrogen-bond acceptors (Lipinski definition) is 4. The molecule has 3 rings (SSSR count). The van der Waals surface area contributed by atoms with Crippen molar-refractivity contribution in [3.63, 3.8) is 0 Å². The highest BCUT2D eigenvalue weighted by atomic mass is 32.2. The fourth-order valence-corrected chi connectivity index (χ4v) is 3.96. The molecule has 3 aromatic carbocycles.